The van der Waals surface area contributed by atoms with E-state index in [2.05, 4.69) is 10.3 Å². The van der Waals surface area contributed by atoms with Crippen molar-refractivity contribution in [2.24, 2.45) is 11.3 Å². The fraction of sp³-hybridized carbons (Fsp3) is 0.667. The zero-order valence-corrected chi connectivity index (χ0v) is 17.0. The van der Waals surface area contributed by atoms with Gasteiger partial charge in [0.25, 0.3) is 5.91 Å². The summed E-state index contributed by atoms with van der Waals surface area (Å²) in [5.41, 5.74) is 2.48. The Morgan fingerprint density at radius 2 is 2.11 bits per heavy atom. The van der Waals surface area contributed by atoms with Gasteiger partial charge in [-0.1, -0.05) is 12.2 Å². The van der Waals surface area contributed by atoms with Crippen molar-refractivity contribution in [1.29, 1.82) is 0 Å². The highest BCUT2D eigenvalue weighted by Gasteiger charge is 2.60. The Bertz CT molecular complexity index is 818. The van der Waals surface area contributed by atoms with Crippen LogP contribution >= 0.6 is 11.3 Å². The number of aromatic nitrogens is 1. The molecule has 3 fully saturated rings. The summed E-state index contributed by atoms with van der Waals surface area (Å²) in [5, 5.41) is 3.11. The molecule has 1 aliphatic heterocycles. The average molecular weight is 402 g/mol. The number of ether oxygens (including phenoxy) is 1. The van der Waals surface area contributed by atoms with E-state index in [1.165, 1.54) is 11.3 Å². The maximum absolute atomic E-state index is 13.4. The molecule has 4 aliphatic rings. The lowest BCUT2D eigenvalue weighted by Crippen LogP contribution is -2.56. The number of thiazole rings is 1. The minimum absolute atomic E-state index is 0.0617. The molecule has 5 rings (SSSR count). The predicted molar refractivity (Wildman–Crippen MR) is 106 cm³/mol. The molecule has 0 spiro atoms. The largest absolute Gasteiger partial charge is 0.381 e. The average Bonchev–Trinajstić information content (AvgIpc) is 3.35. The van der Waals surface area contributed by atoms with Crippen LogP contribution in [0.15, 0.2) is 17.7 Å². The van der Waals surface area contributed by atoms with Crippen LogP contribution < -0.4 is 5.32 Å². The lowest BCUT2D eigenvalue weighted by Gasteiger charge is -2.48. The number of methoxy groups -OCH3 is 1. The summed E-state index contributed by atoms with van der Waals surface area (Å²) in [6.07, 6.45) is 10.5. The van der Waals surface area contributed by atoms with Crippen LogP contribution in [0.5, 0.6) is 0 Å². The molecule has 2 amide bonds. The van der Waals surface area contributed by atoms with Crippen molar-refractivity contribution in [2.75, 3.05) is 20.2 Å². The molecule has 0 bridgehead atoms. The van der Waals surface area contributed by atoms with Crippen molar-refractivity contribution in [2.45, 2.75) is 56.6 Å². The van der Waals surface area contributed by atoms with Crippen LogP contribution in [0.4, 0.5) is 0 Å². The molecule has 150 valence electrons. The highest BCUT2D eigenvalue weighted by molar-refractivity contribution is 7.11. The first-order chi connectivity index (χ1) is 13.6. The second-order valence-electron chi connectivity index (χ2n) is 8.67. The summed E-state index contributed by atoms with van der Waals surface area (Å²) in [7, 11) is 1.76. The molecule has 3 aliphatic carbocycles. The first-order valence-corrected chi connectivity index (χ1v) is 11.2. The third kappa shape index (κ3) is 2.90. The molecule has 2 heterocycles. The number of amides is 2. The van der Waals surface area contributed by atoms with Gasteiger partial charge in [-0.3, -0.25) is 9.59 Å². The number of carbonyl (C=O) groups is 2. The van der Waals surface area contributed by atoms with Gasteiger partial charge in [0.2, 0.25) is 5.91 Å². The van der Waals surface area contributed by atoms with Crippen LogP contribution in [0, 0.1) is 11.3 Å². The van der Waals surface area contributed by atoms with Gasteiger partial charge in [0, 0.05) is 26.1 Å². The molecule has 3 saturated carbocycles. The Labute approximate surface area is 169 Å². The Hall–Kier alpha value is -1.73. The van der Waals surface area contributed by atoms with Gasteiger partial charge in [0.1, 0.15) is 4.88 Å². The summed E-state index contributed by atoms with van der Waals surface area (Å²) in [6.45, 7) is 1.18. The van der Waals surface area contributed by atoms with E-state index >= 15 is 0 Å². The van der Waals surface area contributed by atoms with Crippen molar-refractivity contribution >= 4 is 23.2 Å². The summed E-state index contributed by atoms with van der Waals surface area (Å²) in [5.74, 6) is 1.01. The van der Waals surface area contributed by atoms with Crippen molar-refractivity contribution in [3.8, 4) is 0 Å². The molecule has 0 saturated heterocycles. The molecule has 28 heavy (non-hydrogen) atoms. The van der Waals surface area contributed by atoms with Crippen molar-refractivity contribution in [3.05, 3.63) is 28.2 Å². The lowest BCUT2D eigenvalue weighted by molar-refractivity contribution is -0.154. The van der Waals surface area contributed by atoms with Crippen LogP contribution in [-0.4, -0.2) is 54.0 Å². The van der Waals surface area contributed by atoms with Gasteiger partial charge in [-0.15, -0.1) is 11.3 Å². The van der Waals surface area contributed by atoms with Crippen LogP contribution in [0.25, 0.3) is 0 Å². The monoisotopic (exact) mass is 401 g/mol. The highest BCUT2D eigenvalue weighted by Crippen LogP contribution is 2.59. The van der Waals surface area contributed by atoms with E-state index in [1.54, 1.807) is 12.6 Å². The smallest absolute Gasteiger partial charge is 0.263 e. The second-order valence-corrected chi connectivity index (χ2v) is 9.53. The van der Waals surface area contributed by atoms with E-state index in [1.807, 2.05) is 17.1 Å². The van der Waals surface area contributed by atoms with Gasteiger partial charge in [0.15, 0.2) is 0 Å². The second kappa shape index (κ2) is 6.95. The third-order valence-corrected chi connectivity index (χ3v) is 7.98. The van der Waals surface area contributed by atoms with E-state index in [-0.39, 0.29) is 29.4 Å². The van der Waals surface area contributed by atoms with Crippen LogP contribution in [0.3, 0.4) is 0 Å². The minimum atomic E-state index is -0.225. The van der Waals surface area contributed by atoms with Gasteiger partial charge in [-0.2, -0.15) is 0 Å². The molecular weight excluding hydrogens is 374 g/mol. The molecule has 4 atom stereocenters. The normalized spacial score (nSPS) is 34.0. The van der Waals surface area contributed by atoms with E-state index in [0.29, 0.717) is 24.9 Å². The molecular formula is C21H27N3O3S. The summed E-state index contributed by atoms with van der Waals surface area (Å²) in [6, 6.07) is -0.145. The molecule has 1 aromatic rings. The lowest BCUT2D eigenvalue weighted by atomic mass is 9.60. The van der Waals surface area contributed by atoms with Crippen molar-refractivity contribution < 1.29 is 14.3 Å². The maximum atomic E-state index is 13.4. The van der Waals surface area contributed by atoms with Crippen molar-refractivity contribution in [3.63, 3.8) is 0 Å². The fourth-order valence-electron chi connectivity index (χ4n) is 5.37. The fourth-order valence-corrected chi connectivity index (χ4v) is 6.15. The first kappa shape index (κ1) is 18.3. The predicted octanol–water partition coefficient (Wildman–Crippen LogP) is 2.72. The number of hydrogen-bond donors (Lipinski definition) is 1. The molecule has 6 nitrogen and oxygen atoms in total. The van der Waals surface area contributed by atoms with Crippen LogP contribution in [-0.2, 0) is 9.53 Å². The molecule has 0 aromatic carbocycles. The molecule has 1 aromatic heterocycles. The molecule has 7 heteroatoms. The first-order valence-electron chi connectivity index (χ1n) is 10.4. The Kier molecular flexibility index (Phi) is 4.55. The number of nitrogens with zero attached hydrogens (tertiary/aromatic N) is 2. The van der Waals surface area contributed by atoms with Crippen LogP contribution in [0.1, 0.15) is 59.8 Å². The van der Waals surface area contributed by atoms with Gasteiger partial charge in [-0.25, -0.2) is 4.98 Å². The Morgan fingerprint density at radius 3 is 2.82 bits per heavy atom. The maximum Gasteiger partial charge on any atom is 0.263 e. The van der Waals surface area contributed by atoms with E-state index < -0.39 is 0 Å². The topological polar surface area (TPSA) is 71.5 Å². The standard InChI is InChI=1S/C21H27N3O3S/c1-27-16-7-9-21(8-6-15(16)21)20(26)24-10-2-3-14(11-24)23-19(25)18-17(13-4-5-13)22-12-28-18/h2-3,12-16H,4-11H2,1H3,(H,23,25)/t14?,15-,16+,21-/m0/s1. The number of hydrogen-bond acceptors (Lipinski definition) is 5. The quantitative estimate of drug-likeness (QED) is 0.770. The summed E-state index contributed by atoms with van der Waals surface area (Å²) >= 11 is 1.41. The molecule has 0 radical (unpaired) electrons. The number of fused-ring (bicyclic) bond motifs is 1. The van der Waals surface area contributed by atoms with E-state index in [0.717, 1.165) is 49.1 Å². The zero-order valence-electron chi connectivity index (χ0n) is 16.2. The van der Waals surface area contributed by atoms with Gasteiger partial charge >= 0.3 is 0 Å². The SMILES string of the molecule is CO[C@@H]1CC[C@@]2(C(=O)N3CC=CC(NC(=O)c4scnc4C4CC4)C3)CC[C@@H]12. The van der Waals surface area contributed by atoms with Gasteiger partial charge < -0.3 is 15.0 Å². The minimum Gasteiger partial charge on any atom is -0.381 e. The van der Waals surface area contributed by atoms with Crippen molar-refractivity contribution in [1.82, 2.24) is 15.2 Å². The van der Waals surface area contributed by atoms with Crippen LogP contribution in [0.2, 0.25) is 0 Å². The zero-order chi connectivity index (χ0) is 19.3. The van der Waals surface area contributed by atoms with Gasteiger partial charge in [0.05, 0.1) is 28.8 Å². The highest BCUT2D eigenvalue weighted by atomic mass is 32.1. The van der Waals surface area contributed by atoms with E-state index in [9.17, 15) is 9.59 Å². The summed E-state index contributed by atoms with van der Waals surface area (Å²) < 4.78 is 5.61. The number of carbonyl (C=O) groups excluding carboxylic acids is 2. The van der Waals surface area contributed by atoms with E-state index in [4.69, 9.17) is 4.74 Å². The summed E-state index contributed by atoms with van der Waals surface area (Å²) in [4.78, 5) is 33.2. The molecule has 1 N–H and O–H groups in total. The third-order valence-electron chi connectivity index (χ3n) is 7.14. The molecule has 1 unspecified atom stereocenters. The number of rotatable bonds is 5. The van der Waals surface area contributed by atoms with Gasteiger partial charge in [-0.05, 0) is 44.4 Å². The Morgan fingerprint density at radius 1 is 1.29 bits per heavy atom. The Balaban J connectivity index is 1.25. The number of nitrogens with one attached hydrogen (secondary N) is 1.